The Morgan fingerprint density at radius 3 is 2.80 bits per heavy atom. The smallest absolute Gasteiger partial charge is 0.191 e. The highest BCUT2D eigenvalue weighted by Gasteiger charge is 2.38. The molecule has 25 heavy (non-hydrogen) atoms. The molecule has 3 rings (SSSR count). The van der Waals surface area contributed by atoms with Gasteiger partial charge in [-0.15, -0.1) is 35.7 Å². The molecular weight excluding hydrogens is 450 g/mol. The van der Waals surface area contributed by atoms with Gasteiger partial charge in [0.2, 0.25) is 0 Å². The van der Waals surface area contributed by atoms with E-state index in [1.807, 2.05) is 12.3 Å². The van der Waals surface area contributed by atoms with Crippen LogP contribution in [0.25, 0.3) is 0 Å². The highest BCUT2D eigenvalue weighted by atomic mass is 127. The number of likely N-dealkylation sites (tertiary alicyclic amines) is 1. The highest BCUT2D eigenvalue weighted by Crippen LogP contribution is 2.33. The van der Waals surface area contributed by atoms with E-state index in [1.54, 1.807) is 24.9 Å². The van der Waals surface area contributed by atoms with Gasteiger partial charge in [-0.25, -0.2) is 4.39 Å². The third-order valence-corrected chi connectivity index (χ3v) is 5.73. The first-order valence-corrected chi connectivity index (χ1v) is 9.88. The fraction of sp³-hybridized carbons (Fsp3) is 0.611. The molecule has 2 unspecified atom stereocenters. The summed E-state index contributed by atoms with van der Waals surface area (Å²) in [4.78, 5) is 8.04. The topological polar surface area (TPSA) is 39.7 Å². The molecule has 2 atom stereocenters. The van der Waals surface area contributed by atoms with Gasteiger partial charge in [0.25, 0.3) is 0 Å². The molecule has 1 aliphatic carbocycles. The molecule has 4 nitrogen and oxygen atoms in total. The maximum absolute atomic E-state index is 13.5. The van der Waals surface area contributed by atoms with Crippen LogP contribution in [0.1, 0.15) is 31.7 Å². The van der Waals surface area contributed by atoms with Gasteiger partial charge in [-0.05, 0) is 56.2 Å². The number of aliphatic imine (C=N–C) groups is 1. The first kappa shape index (κ1) is 20.8. The summed E-state index contributed by atoms with van der Waals surface area (Å²) in [5.74, 6) is 0.596. The molecule has 0 spiro atoms. The van der Waals surface area contributed by atoms with E-state index in [2.05, 4.69) is 27.4 Å². The number of hydrogen-bond acceptors (Lipinski definition) is 3. The van der Waals surface area contributed by atoms with Crippen molar-refractivity contribution in [1.29, 1.82) is 0 Å². The van der Waals surface area contributed by atoms with Crippen molar-refractivity contribution in [2.75, 3.05) is 19.8 Å². The number of benzene rings is 1. The normalized spacial score (nSPS) is 24.1. The van der Waals surface area contributed by atoms with Gasteiger partial charge in [0, 0.05) is 43.2 Å². The molecule has 2 aliphatic rings. The molecule has 1 aromatic rings. The van der Waals surface area contributed by atoms with E-state index >= 15 is 0 Å². The Bertz CT molecular complexity index is 609. The number of nitrogens with zero attached hydrogens (tertiary/aromatic N) is 2. The quantitative estimate of drug-likeness (QED) is 0.295. The zero-order valence-electron chi connectivity index (χ0n) is 15.1. The first-order chi connectivity index (χ1) is 11.6. The van der Waals surface area contributed by atoms with Crippen molar-refractivity contribution in [2.45, 2.75) is 55.8 Å². The summed E-state index contributed by atoms with van der Waals surface area (Å²) in [5, 5.41) is 6.86. The minimum Gasteiger partial charge on any atom is -0.352 e. The number of guanidine groups is 1. The minimum atomic E-state index is -0.197. The molecule has 0 aromatic heterocycles. The van der Waals surface area contributed by atoms with Crippen LogP contribution >= 0.6 is 35.7 Å². The van der Waals surface area contributed by atoms with Crippen molar-refractivity contribution in [3.05, 3.63) is 29.6 Å². The van der Waals surface area contributed by atoms with E-state index < -0.39 is 0 Å². The van der Waals surface area contributed by atoms with Gasteiger partial charge in [-0.3, -0.25) is 9.89 Å². The minimum absolute atomic E-state index is 0. The molecule has 1 aromatic carbocycles. The van der Waals surface area contributed by atoms with E-state index in [0.29, 0.717) is 18.6 Å². The lowest BCUT2D eigenvalue weighted by Gasteiger charge is -2.20. The van der Waals surface area contributed by atoms with Crippen LogP contribution in [0.2, 0.25) is 0 Å². The SMILES string of the molecule is CN=C(NCc1cc(F)ccc1SC)NC1CC(C)N(C2CC2)C1.I. The monoisotopic (exact) mass is 478 g/mol. The van der Waals surface area contributed by atoms with Crippen molar-refractivity contribution in [3.8, 4) is 0 Å². The first-order valence-electron chi connectivity index (χ1n) is 8.66. The van der Waals surface area contributed by atoms with E-state index in [4.69, 9.17) is 0 Å². The maximum atomic E-state index is 13.5. The third-order valence-electron chi connectivity index (χ3n) is 4.89. The zero-order valence-corrected chi connectivity index (χ0v) is 18.2. The summed E-state index contributed by atoms with van der Waals surface area (Å²) in [7, 11) is 1.79. The van der Waals surface area contributed by atoms with Gasteiger partial charge in [-0.2, -0.15) is 0 Å². The number of thioether (sulfide) groups is 1. The van der Waals surface area contributed by atoms with Crippen molar-refractivity contribution < 1.29 is 4.39 Å². The predicted molar refractivity (Wildman–Crippen MR) is 115 cm³/mol. The molecule has 1 heterocycles. The Morgan fingerprint density at radius 2 is 2.16 bits per heavy atom. The van der Waals surface area contributed by atoms with Crippen molar-refractivity contribution in [3.63, 3.8) is 0 Å². The molecule has 1 aliphatic heterocycles. The summed E-state index contributed by atoms with van der Waals surface area (Å²) >= 11 is 1.63. The number of halogens is 2. The Morgan fingerprint density at radius 1 is 1.40 bits per heavy atom. The second-order valence-corrected chi connectivity index (χ2v) is 7.58. The Labute approximate surface area is 171 Å². The van der Waals surface area contributed by atoms with Gasteiger partial charge in [0.15, 0.2) is 5.96 Å². The summed E-state index contributed by atoms with van der Waals surface area (Å²) < 4.78 is 13.5. The summed E-state index contributed by atoms with van der Waals surface area (Å²) in [5.41, 5.74) is 0.963. The van der Waals surface area contributed by atoms with Crippen LogP contribution in [0.3, 0.4) is 0 Å². The molecule has 0 bridgehead atoms. The lowest BCUT2D eigenvalue weighted by Crippen LogP contribution is -2.44. The van der Waals surface area contributed by atoms with Gasteiger partial charge in [0.1, 0.15) is 5.82 Å². The molecule has 1 saturated carbocycles. The zero-order chi connectivity index (χ0) is 17.1. The second-order valence-electron chi connectivity index (χ2n) is 6.74. The van der Waals surface area contributed by atoms with E-state index in [0.717, 1.165) is 35.4 Å². The fourth-order valence-corrected chi connectivity index (χ4v) is 4.13. The number of rotatable bonds is 5. The molecule has 140 valence electrons. The van der Waals surface area contributed by atoms with Crippen LogP contribution < -0.4 is 10.6 Å². The average Bonchev–Trinajstić information content (AvgIpc) is 3.35. The summed E-state index contributed by atoms with van der Waals surface area (Å²) in [6.07, 6.45) is 5.85. The van der Waals surface area contributed by atoms with Crippen LogP contribution in [-0.2, 0) is 6.54 Å². The van der Waals surface area contributed by atoms with Crippen LogP contribution in [-0.4, -0.2) is 48.8 Å². The van der Waals surface area contributed by atoms with Crippen LogP contribution in [0.4, 0.5) is 4.39 Å². The van der Waals surface area contributed by atoms with E-state index in [-0.39, 0.29) is 29.8 Å². The molecule has 0 radical (unpaired) electrons. The van der Waals surface area contributed by atoms with Crippen molar-refractivity contribution >= 4 is 41.7 Å². The van der Waals surface area contributed by atoms with Crippen molar-refractivity contribution in [2.24, 2.45) is 4.99 Å². The maximum Gasteiger partial charge on any atom is 0.191 e. The summed E-state index contributed by atoms with van der Waals surface area (Å²) in [6, 6.07) is 6.81. The summed E-state index contributed by atoms with van der Waals surface area (Å²) in [6.45, 7) is 3.97. The van der Waals surface area contributed by atoms with Gasteiger partial charge >= 0.3 is 0 Å². The average molecular weight is 478 g/mol. The molecule has 2 N–H and O–H groups in total. The Balaban J connectivity index is 0.00000225. The van der Waals surface area contributed by atoms with Crippen LogP contribution in [0, 0.1) is 5.82 Å². The molecule has 1 saturated heterocycles. The van der Waals surface area contributed by atoms with Gasteiger partial charge in [-0.1, -0.05) is 0 Å². The van der Waals surface area contributed by atoms with Crippen molar-refractivity contribution in [1.82, 2.24) is 15.5 Å². The molecule has 2 fully saturated rings. The Kier molecular flexibility index (Phi) is 7.82. The van der Waals surface area contributed by atoms with Gasteiger partial charge in [0.05, 0.1) is 0 Å². The van der Waals surface area contributed by atoms with Crippen LogP contribution in [0.15, 0.2) is 28.1 Å². The van der Waals surface area contributed by atoms with E-state index in [1.165, 1.54) is 18.9 Å². The predicted octanol–water partition coefficient (Wildman–Crippen LogP) is 3.46. The second kappa shape index (κ2) is 9.41. The lowest BCUT2D eigenvalue weighted by molar-refractivity contribution is 0.256. The van der Waals surface area contributed by atoms with E-state index in [9.17, 15) is 4.39 Å². The molecular formula is C18H28FIN4S. The lowest BCUT2D eigenvalue weighted by atomic mass is 10.2. The van der Waals surface area contributed by atoms with Crippen LogP contribution in [0.5, 0.6) is 0 Å². The number of hydrogen-bond donors (Lipinski definition) is 2. The standard InChI is InChI=1S/C18H27FN4S.HI/c1-12-8-15(11-23(12)16-5-6-16)22-18(20-2)21-10-13-9-14(19)4-7-17(13)24-3;/h4,7,9,12,15-16H,5-6,8,10-11H2,1-3H3,(H2,20,21,22);1H. The fourth-order valence-electron chi connectivity index (χ4n) is 3.53. The Hall–Kier alpha value is -0.540. The highest BCUT2D eigenvalue weighted by molar-refractivity contribution is 14.0. The largest absolute Gasteiger partial charge is 0.352 e. The van der Waals surface area contributed by atoms with Gasteiger partial charge < -0.3 is 10.6 Å². The third kappa shape index (κ3) is 5.47. The number of nitrogens with one attached hydrogen (secondary N) is 2. The molecule has 7 heteroatoms. The molecule has 0 amide bonds.